The lowest BCUT2D eigenvalue weighted by Gasteiger charge is -2.11. The Hall–Kier alpha value is -1.66. The van der Waals surface area contributed by atoms with Crippen molar-refractivity contribution < 1.29 is 9.53 Å². The number of carbonyl (C=O) groups is 1. The summed E-state index contributed by atoms with van der Waals surface area (Å²) in [6, 6.07) is 5.56. The Morgan fingerprint density at radius 3 is 3.00 bits per heavy atom. The van der Waals surface area contributed by atoms with Gasteiger partial charge in [-0.1, -0.05) is 12.1 Å². The van der Waals surface area contributed by atoms with Gasteiger partial charge in [0.25, 0.3) is 0 Å². The van der Waals surface area contributed by atoms with Crippen molar-refractivity contribution in [3.63, 3.8) is 0 Å². The van der Waals surface area contributed by atoms with Crippen LogP contribution in [0.4, 0.5) is 5.69 Å². The number of fused-ring (bicyclic) bond motifs is 1. The van der Waals surface area contributed by atoms with Crippen molar-refractivity contribution in [1.29, 1.82) is 0 Å². The maximum Gasteiger partial charge on any atom is 0.341 e. The van der Waals surface area contributed by atoms with Crippen molar-refractivity contribution in [2.45, 2.75) is 6.92 Å². The van der Waals surface area contributed by atoms with E-state index >= 15 is 0 Å². The Morgan fingerprint density at radius 1 is 1.56 bits per heavy atom. The molecule has 18 heavy (non-hydrogen) atoms. The number of rotatable bonds is 3. The highest BCUT2D eigenvalue weighted by molar-refractivity contribution is 9.10. The molecule has 1 heterocycles. The predicted octanol–water partition coefficient (Wildman–Crippen LogP) is 2.46. The van der Waals surface area contributed by atoms with Crippen molar-refractivity contribution in [2.24, 2.45) is 5.84 Å². The molecule has 0 atom stereocenters. The minimum absolute atomic E-state index is 0.305. The Morgan fingerprint density at radius 2 is 2.33 bits per heavy atom. The molecule has 0 aliphatic rings. The molecule has 0 saturated heterocycles. The quantitative estimate of drug-likeness (QED) is 0.517. The van der Waals surface area contributed by atoms with Crippen LogP contribution in [0.15, 0.2) is 28.9 Å². The largest absolute Gasteiger partial charge is 0.462 e. The van der Waals surface area contributed by atoms with Gasteiger partial charge in [0.15, 0.2) is 0 Å². The van der Waals surface area contributed by atoms with Crippen molar-refractivity contribution >= 4 is 38.5 Å². The van der Waals surface area contributed by atoms with Crippen LogP contribution in [0.1, 0.15) is 17.3 Å². The summed E-state index contributed by atoms with van der Waals surface area (Å²) in [7, 11) is 0. The molecule has 3 N–H and O–H groups in total. The smallest absolute Gasteiger partial charge is 0.341 e. The van der Waals surface area contributed by atoms with Crippen molar-refractivity contribution in [3.8, 4) is 0 Å². The number of hydrogen-bond acceptors (Lipinski definition) is 5. The minimum Gasteiger partial charge on any atom is -0.462 e. The van der Waals surface area contributed by atoms with Gasteiger partial charge in [-0.3, -0.25) is 10.8 Å². The monoisotopic (exact) mass is 309 g/mol. The summed E-state index contributed by atoms with van der Waals surface area (Å²) in [5.41, 5.74) is 4.12. The minimum atomic E-state index is -0.445. The lowest BCUT2D eigenvalue weighted by atomic mass is 10.1. The molecular formula is C12H12BrN3O2. The zero-order valence-electron chi connectivity index (χ0n) is 9.74. The molecule has 0 fully saturated rings. The molecular weight excluding hydrogens is 298 g/mol. The number of carbonyl (C=O) groups excluding carboxylic acids is 1. The van der Waals surface area contributed by atoms with E-state index in [1.165, 1.54) is 6.20 Å². The molecule has 0 unspecified atom stereocenters. The molecule has 1 aromatic heterocycles. The average Bonchev–Trinajstić information content (AvgIpc) is 2.38. The van der Waals surface area contributed by atoms with Gasteiger partial charge in [0.05, 0.1) is 17.8 Å². The number of esters is 1. The molecule has 0 aliphatic carbocycles. The normalized spacial score (nSPS) is 10.4. The third-order valence-electron chi connectivity index (χ3n) is 2.49. The zero-order chi connectivity index (χ0) is 13.1. The first-order chi connectivity index (χ1) is 8.69. The van der Waals surface area contributed by atoms with Crippen LogP contribution in [0.3, 0.4) is 0 Å². The number of hydrazine groups is 1. The number of para-hydroxylation sites is 1. The average molecular weight is 310 g/mol. The number of nitrogens with zero attached hydrogens (tertiary/aromatic N) is 1. The number of nitrogens with one attached hydrogen (secondary N) is 1. The highest BCUT2D eigenvalue weighted by Crippen LogP contribution is 2.30. The number of ether oxygens (including phenoxy) is 1. The van der Waals surface area contributed by atoms with Crippen LogP contribution in [0.5, 0.6) is 0 Å². The number of hydrogen-bond donors (Lipinski definition) is 2. The fraction of sp³-hybridized carbons (Fsp3) is 0.167. The van der Waals surface area contributed by atoms with E-state index in [0.717, 1.165) is 15.4 Å². The maximum atomic E-state index is 11.8. The zero-order valence-corrected chi connectivity index (χ0v) is 11.3. The predicted molar refractivity (Wildman–Crippen MR) is 73.2 cm³/mol. The van der Waals surface area contributed by atoms with Gasteiger partial charge in [-0.05, 0) is 28.9 Å². The topological polar surface area (TPSA) is 77.2 Å². The van der Waals surface area contributed by atoms with Crippen molar-refractivity contribution in [2.75, 3.05) is 12.0 Å². The van der Waals surface area contributed by atoms with E-state index in [-0.39, 0.29) is 0 Å². The first-order valence-corrected chi connectivity index (χ1v) is 6.19. The van der Waals surface area contributed by atoms with Crippen LogP contribution in [0, 0.1) is 0 Å². The lowest BCUT2D eigenvalue weighted by molar-refractivity contribution is 0.0527. The van der Waals surface area contributed by atoms with Crippen LogP contribution < -0.4 is 11.3 Å². The highest BCUT2D eigenvalue weighted by atomic mass is 79.9. The van der Waals surface area contributed by atoms with Crippen LogP contribution in [-0.2, 0) is 4.74 Å². The number of nitrogens with two attached hydrogens (primary N) is 1. The summed E-state index contributed by atoms with van der Waals surface area (Å²) >= 11 is 3.41. The van der Waals surface area contributed by atoms with Gasteiger partial charge in [-0.2, -0.15) is 0 Å². The number of anilines is 1. The molecule has 0 amide bonds. The van der Waals surface area contributed by atoms with Crippen LogP contribution in [-0.4, -0.2) is 17.6 Å². The Labute approximate surface area is 112 Å². The molecule has 6 heteroatoms. The Balaban J connectivity index is 2.67. The maximum absolute atomic E-state index is 11.8. The number of benzene rings is 1. The standard InChI is InChI=1S/C12H12BrN3O2/c1-2-18-12(17)8-6-15-11-7(10(8)16-14)4-3-5-9(11)13/h3-6H,2,14H2,1H3,(H,15,16). The van der Waals surface area contributed by atoms with Crippen LogP contribution in [0.25, 0.3) is 10.9 Å². The number of nitrogen functional groups attached to an aromatic ring is 1. The summed E-state index contributed by atoms with van der Waals surface area (Å²) in [5.74, 6) is 5.06. The van der Waals surface area contributed by atoms with Crippen LogP contribution in [0.2, 0.25) is 0 Å². The summed E-state index contributed by atoms with van der Waals surface area (Å²) in [6.07, 6.45) is 1.46. The SMILES string of the molecule is CCOC(=O)c1cnc2c(Br)cccc2c1NN. The van der Waals surface area contributed by atoms with E-state index in [9.17, 15) is 4.79 Å². The number of aromatic nitrogens is 1. The fourth-order valence-corrected chi connectivity index (χ4v) is 2.17. The van der Waals surface area contributed by atoms with Gasteiger partial charge in [0.2, 0.25) is 0 Å². The van der Waals surface area contributed by atoms with E-state index in [2.05, 4.69) is 26.3 Å². The first-order valence-electron chi connectivity index (χ1n) is 5.40. The Kier molecular flexibility index (Phi) is 3.78. The van der Waals surface area contributed by atoms with E-state index in [1.807, 2.05) is 18.2 Å². The van der Waals surface area contributed by atoms with E-state index in [0.29, 0.717) is 17.9 Å². The third-order valence-corrected chi connectivity index (χ3v) is 3.13. The van der Waals surface area contributed by atoms with Gasteiger partial charge >= 0.3 is 5.97 Å². The van der Waals surface area contributed by atoms with Gasteiger partial charge < -0.3 is 10.2 Å². The molecule has 0 spiro atoms. The van der Waals surface area contributed by atoms with E-state index in [4.69, 9.17) is 10.6 Å². The Bertz CT molecular complexity index is 601. The summed E-state index contributed by atoms with van der Waals surface area (Å²) in [5, 5.41) is 0.762. The second-order valence-electron chi connectivity index (χ2n) is 3.55. The van der Waals surface area contributed by atoms with Gasteiger partial charge in [0, 0.05) is 16.1 Å². The third kappa shape index (κ3) is 2.16. The second kappa shape index (κ2) is 5.32. The molecule has 0 saturated carbocycles. The first kappa shape index (κ1) is 12.8. The molecule has 0 radical (unpaired) electrons. The fourth-order valence-electron chi connectivity index (χ4n) is 1.71. The van der Waals surface area contributed by atoms with Gasteiger partial charge in [-0.25, -0.2) is 4.79 Å². The van der Waals surface area contributed by atoms with Crippen molar-refractivity contribution in [1.82, 2.24) is 4.98 Å². The summed E-state index contributed by atoms with van der Waals surface area (Å²) < 4.78 is 5.80. The van der Waals surface area contributed by atoms with Crippen molar-refractivity contribution in [3.05, 3.63) is 34.4 Å². The number of halogens is 1. The molecule has 5 nitrogen and oxygen atoms in total. The molecule has 94 valence electrons. The van der Waals surface area contributed by atoms with Gasteiger partial charge in [-0.15, -0.1) is 0 Å². The highest BCUT2D eigenvalue weighted by Gasteiger charge is 2.16. The summed E-state index contributed by atoms with van der Waals surface area (Å²) in [4.78, 5) is 16.0. The molecule has 0 aliphatic heterocycles. The molecule has 2 aromatic rings. The van der Waals surface area contributed by atoms with E-state index in [1.54, 1.807) is 6.92 Å². The van der Waals surface area contributed by atoms with E-state index < -0.39 is 5.97 Å². The summed E-state index contributed by atoms with van der Waals surface area (Å²) in [6.45, 7) is 2.05. The number of pyridine rings is 1. The van der Waals surface area contributed by atoms with Crippen LogP contribution >= 0.6 is 15.9 Å². The lowest BCUT2D eigenvalue weighted by Crippen LogP contribution is -2.15. The molecule has 2 rings (SSSR count). The molecule has 0 bridgehead atoms. The second-order valence-corrected chi connectivity index (χ2v) is 4.40. The molecule has 1 aromatic carbocycles. The van der Waals surface area contributed by atoms with Gasteiger partial charge in [0.1, 0.15) is 5.56 Å².